The molecule has 2 aromatic carbocycles. The van der Waals surface area contributed by atoms with Crippen molar-refractivity contribution in [1.29, 1.82) is 0 Å². The van der Waals surface area contributed by atoms with Crippen molar-refractivity contribution < 1.29 is 23.8 Å². The average molecular weight is 474 g/mol. The van der Waals surface area contributed by atoms with Crippen molar-refractivity contribution >= 4 is 40.1 Å². The summed E-state index contributed by atoms with van der Waals surface area (Å²) in [7, 11) is 2.99. The molecule has 0 aliphatic rings. The Labute approximate surface area is 195 Å². The van der Waals surface area contributed by atoms with Crippen LogP contribution in [0.4, 0.5) is 5.69 Å². The van der Waals surface area contributed by atoms with E-state index in [1.807, 2.05) is 13.0 Å². The van der Waals surface area contributed by atoms with Gasteiger partial charge in [0.2, 0.25) is 0 Å². The van der Waals surface area contributed by atoms with Gasteiger partial charge < -0.3 is 19.5 Å². The molecule has 0 spiro atoms. The Balaban J connectivity index is 1.52. The second-order valence-electron chi connectivity index (χ2n) is 7.26. The highest BCUT2D eigenvalue weighted by Gasteiger charge is 2.13. The van der Waals surface area contributed by atoms with Gasteiger partial charge in [-0.2, -0.15) is 0 Å². The second-order valence-corrected chi connectivity index (χ2v) is 7.67. The van der Waals surface area contributed by atoms with Crippen LogP contribution < -0.4 is 20.3 Å². The number of fused-ring (bicyclic) bond motifs is 1. The molecule has 33 heavy (non-hydrogen) atoms. The molecule has 0 saturated heterocycles. The van der Waals surface area contributed by atoms with Gasteiger partial charge in [-0.1, -0.05) is 17.7 Å². The molecule has 1 heterocycles. The van der Waals surface area contributed by atoms with E-state index in [4.69, 9.17) is 25.8 Å². The third-order valence-electron chi connectivity index (χ3n) is 4.87. The molecule has 0 atom stereocenters. The Hall–Kier alpha value is -3.59. The predicted octanol–water partition coefficient (Wildman–Crippen LogP) is 3.34. The molecule has 0 aliphatic carbocycles. The molecule has 0 radical (unpaired) electrons. The summed E-state index contributed by atoms with van der Waals surface area (Å²) < 4.78 is 16.9. The van der Waals surface area contributed by atoms with Gasteiger partial charge in [0.15, 0.2) is 18.1 Å². The van der Waals surface area contributed by atoms with Crippen molar-refractivity contribution in [2.45, 2.75) is 26.3 Å². The average Bonchev–Trinajstić information content (AvgIpc) is 2.80. The molecule has 1 aromatic heterocycles. The van der Waals surface area contributed by atoms with Gasteiger partial charge in [-0.25, -0.2) is 4.98 Å². The molecule has 9 nitrogen and oxygen atoms in total. The van der Waals surface area contributed by atoms with E-state index in [2.05, 4.69) is 10.3 Å². The van der Waals surface area contributed by atoms with Gasteiger partial charge in [-0.05, 0) is 37.1 Å². The molecule has 1 amide bonds. The summed E-state index contributed by atoms with van der Waals surface area (Å²) in [6.07, 6.45) is 1.79. The minimum absolute atomic E-state index is 0.0367. The number of hydrogen-bond acceptors (Lipinski definition) is 7. The number of carbonyl (C=O) groups is 2. The Bertz CT molecular complexity index is 1240. The monoisotopic (exact) mass is 473 g/mol. The van der Waals surface area contributed by atoms with Gasteiger partial charge in [-0.15, -0.1) is 0 Å². The number of carbonyl (C=O) groups excluding carboxylic acids is 2. The molecule has 10 heteroatoms. The molecular weight excluding hydrogens is 450 g/mol. The first-order valence-electron chi connectivity index (χ1n) is 10.1. The van der Waals surface area contributed by atoms with E-state index in [1.165, 1.54) is 25.1 Å². The maximum absolute atomic E-state index is 12.8. The number of rotatable bonds is 9. The fourth-order valence-corrected chi connectivity index (χ4v) is 3.45. The van der Waals surface area contributed by atoms with E-state index < -0.39 is 18.5 Å². The predicted molar refractivity (Wildman–Crippen MR) is 124 cm³/mol. The van der Waals surface area contributed by atoms with E-state index in [0.717, 1.165) is 5.56 Å². The standard InChI is InChI=1S/C23H24ClN3O6/c1-14-6-7-17(16(24)9-14)26-21(28)12-33-22(29)5-4-8-27-13-25-18-11-20(32-3)19(31-2)10-15(18)23(27)30/h6-7,9-11,13H,4-5,8,12H2,1-3H3,(H,26,28). The minimum atomic E-state index is -0.548. The summed E-state index contributed by atoms with van der Waals surface area (Å²) in [4.78, 5) is 41.0. The number of amides is 1. The fourth-order valence-electron chi connectivity index (χ4n) is 3.16. The molecule has 0 fully saturated rings. The smallest absolute Gasteiger partial charge is 0.306 e. The molecule has 3 aromatic rings. The highest BCUT2D eigenvalue weighted by Crippen LogP contribution is 2.29. The van der Waals surface area contributed by atoms with Crippen LogP contribution in [-0.4, -0.2) is 42.3 Å². The van der Waals surface area contributed by atoms with Crippen molar-refractivity contribution in [2.75, 3.05) is 26.1 Å². The first-order chi connectivity index (χ1) is 15.8. The molecule has 0 aliphatic heterocycles. The van der Waals surface area contributed by atoms with E-state index in [0.29, 0.717) is 39.5 Å². The number of methoxy groups -OCH3 is 2. The van der Waals surface area contributed by atoms with Crippen LogP contribution in [0.25, 0.3) is 10.9 Å². The fraction of sp³-hybridized carbons (Fsp3) is 0.304. The van der Waals surface area contributed by atoms with Gasteiger partial charge in [0.1, 0.15) is 0 Å². The van der Waals surface area contributed by atoms with Crippen LogP contribution in [0.5, 0.6) is 11.5 Å². The second kappa shape index (κ2) is 10.8. The molecule has 174 valence electrons. The lowest BCUT2D eigenvalue weighted by Crippen LogP contribution is -2.23. The number of nitrogens with zero attached hydrogens (tertiary/aromatic N) is 2. The largest absolute Gasteiger partial charge is 0.493 e. The maximum Gasteiger partial charge on any atom is 0.306 e. The van der Waals surface area contributed by atoms with Crippen LogP contribution in [0, 0.1) is 6.92 Å². The summed E-state index contributed by atoms with van der Waals surface area (Å²) in [5, 5.41) is 3.38. The Kier molecular flexibility index (Phi) is 7.89. The topological polar surface area (TPSA) is 109 Å². The van der Waals surface area contributed by atoms with Crippen LogP contribution in [0.2, 0.25) is 5.02 Å². The van der Waals surface area contributed by atoms with E-state index in [1.54, 1.807) is 24.3 Å². The van der Waals surface area contributed by atoms with Crippen LogP contribution in [0.15, 0.2) is 41.5 Å². The number of esters is 1. The number of halogens is 1. The number of aryl methyl sites for hydroxylation is 2. The van der Waals surface area contributed by atoms with Crippen molar-refractivity contribution in [3.05, 3.63) is 57.6 Å². The maximum atomic E-state index is 12.8. The van der Waals surface area contributed by atoms with Crippen molar-refractivity contribution in [2.24, 2.45) is 0 Å². The van der Waals surface area contributed by atoms with Gasteiger partial charge in [0.05, 0.1) is 42.2 Å². The zero-order valence-electron chi connectivity index (χ0n) is 18.5. The lowest BCUT2D eigenvalue weighted by molar-refractivity contribution is -0.147. The summed E-state index contributed by atoms with van der Waals surface area (Å²) >= 11 is 6.08. The Morgan fingerprint density at radius 3 is 2.55 bits per heavy atom. The van der Waals surface area contributed by atoms with E-state index >= 15 is 0 Å². The number of anilines is 1. The summed E-state index contributed by atoms with van der Waals surface area (Å²) in [6, 6.07) is 8.42. The number of hydrogen-bond donors (Lipinski definition) is 1. The summed E-state index contributed by atoms with van der Waals surface area (Å²) in [5.74, 6) is -0.136. The van der Waals surface area contributed by atoms with E-state index in [9.17, 15) is 14.4 Å². The summed E-state index contributed by atoms with van der Waals surface area (Å²) in [6.45, 7) is 1.72. The van der Waals surface area contributed by atoms with Gasteiger partial charge >= 0.3 is 5.97 Å². The zero-order valence-corrected chi connectivity index (χ0v) is 19.3. The molecule has 0 unspecified atom stereocenters. The third-order valence-corrected chi connectivity index (χ3v) is 5.18. The van der Waals surface area contributed by atoms with Crippen LogP contribution in [0.3, 0.4) is 0 Å². The highest BCUT2D eigenvalue weighted by molar-refractivity contribution is 6.33. The van der Waals surface area contributed by atoms with Gasteiger partial charge in [0.25, 0.3) is 11.5 Å². The third kappa shape index (κ3) is 6.01. The normalized spacial score (nSPS) is 10.7. The zero-order chi connectivity index (χ0) is 24.0. The van der Waals surface area contributed by atoms with Crippen molar-refractivity contribution in [1.82, 2.24) is 9.55 Å². The number of aromatic nitrogens is 2. The molecular formula is C23H24ClN3O6. The number of nitrogens with one attached hydrogen (secondary N) is 1. The molecule has 1 N–H and O–H groups in total. The van der Waals surface area contributed by atoms with Crippen LogP contribution in [0.1, 0.15) is 18.4 Å². The molecule has 3 rings (SSSR count). The van der Waals surface area contributed by atoms with Crippen molar-refractivity contribution in [3.63, 3.8) is 0 Å². The Morgan fingerprint density at radius 1 is 1.12 bits per heavy atom. The minimum Gasteiger partial charge on any atom is -0.493 e. The molecule has 0 saturated carbocycles. The highest BCUT2D eigenvalue weighted by atomic mass is 35.5. The quantitative estimate of drug-likeness (QED) is 0.475. The lowest BCUT2D eigenvalue weighted by Gasteiger charge is -2.11. The van der Waals surface area contributed by atoms with Crippen LogP contribution in [-0.2, 0) is 20.9 Å². The van der Waals surface area contributed by atoms with Crippen molar-refractivity contribution in [3.8, 4) is 11.5 Å². The van der Waals surface area contributed by atoms with Crippen LogP contribution >= 0.6 is 11.6 Å². The number of ether oxygens (including phenoxy) is 3. The SMILES string of the molecule is COc1cc2ncn(CCCC(=O)OCC(=O)Nc3ccc(C)cc3Cl)c(=O)c2cc1OC. The number of benzene rings is 2. The first-order valence-corrected chi connectivity index (χ1v) is 10.5. The van der Waals surface area contributed by atoms with Gasteiger partial charge in [0, 0.05) is 19.0 Å². The summed E-state index contributed by atoms with van der Waals surface area (Å²) in [5.41, 5.74) is 1.63. The van der Waals surface area contributed by atoms with Gasteiger partial charge in [-0.3, -0.25) is 19.0 Å². The molecule has 0 bridgehead atoms. The van der Waals surface area contributed by atoms with E-state index in [-0.39, 0.29) is 18.5 Å². The lowest BCUT2D eigenvalue weighted by atomic mass is 10.2. The Morgan fingerprint density at radius 2 is 1.85 bits per heavy atom. The first kappa shape index (κ1) is 24.1.